The predicted octanol–water partition coefficient (Wildman–Crippen LogP) is 0.339. The second-order valence-corrected chi connectivity index (χ2v) is 4.31. The Bertz CT molecular complexity index is 432. The van der Waals surface area contributed by atoms with Gasteiger partial charge in [0.15, 0.2) is 0 Å². The van der Waals surface area contributed by atoms with E-state index >= 15 is 0 Å². The monoisotopic (exact) mass is 265 g/mol. The van der Waals surface area contributed by atoms with E-state index in [0.717, 1.165) is 13.1 Å². The lowest BCUT2D eigenvalue weighted by Gasteiger charge is -2.27. The minimum atomic E-state index is 0.320. The van der Waals surface area contributed by atoms with Gasteiger partial charge < -0.3 is 19.3 Å². The van der Waals surface area contributed by atoms with Crippen molar-refractivity contribution in [3.8, 4) is 6.01 Å². The van der Waals surface area contributed by atoms with E-state index in [2.05, 4.69) is 26.4 Å². The third-order valence-electron chi connectivity index (χ3n) is 2.62. The van der Waals surface area contributed by atoms with E-state index in [9.17, 15) is 0 Å². The Labute approximate surface area is 112 Å². The Hall–Kier alpha value is -1.89. The van der Waals surface area contributed by atoms with Gasteiger partial charge in [-0.3, -0.25) is 0 Å². The number of nitrogens with zero attached hydrogens (tertiary/aromatic N) is 5. The molecule has 0 spiro atoms. The molecular formula is C12H19N5O2. The van der Waals surface area contributed by atoms with Crippen molar-refractivity contribution < 1.29 is 9.47 Å². The van der Waals surface area contributed by atoms with Gasteiger partial charge in [-0.25, -0.2) is 0 Å². The topological polar surface area (TPSA) is 63.6 Å². The molecule has 1 saturated heterocycles. The van der Waals surface area contributed by atoms with Gasteiger partial charge in [-0.1, -0.05) is 12.7 Å². The van der Waals surface area contributed by atoms with Gasteiger partial charge in [-0.05, 0) is 0 Å². The lowest BCUT2D eigenvalue weighted by molar-refractivity contribution is 0.122. The molecule has 0 N–H and O–H groups in total. The first-order valence-electron chi connectivity index (χ1n) is 6.20. The SMILES string of the molecule is C=CCOc1nc(N(C)C)nc(N2CCOCC2)n1. The normalized spacial score (nSPS) is 15.2. The van der Waals surface area contributed by atoms with E-state index in [0.29, 0.717) is 37.7 Å². The fourth-order valence-electron chi connectivity index (χ4n) is 1.64. The van der Waals surface area contributed by atoms with Gasteiger partial charge >= 0.3 is 6.01 Å². The summed E-state index contributed by atoms with van der Waals surface area (Å²) in [6.07, 6.45) is 1.66. The van der Waals surface area contributed by atoms with Crippen LogP contribution in [0.15, 0.2) is 12.7 Å². The van der Waals surface area contributed by atoms with Crippen LogP contribution in [-0.2, 0) is 4.74 Å². The van der Waals surface area contributed by atoms with Crippen LogP contribution in [0.1, 0.15) is 0 Å². The molecule has 7 heteroatoms. The summed E-state index contributed by atoms with van der Waals surface area (Å²) in [7, 11) is 3.77. The minimum absolute atomic E-state index is 0.320. The van der Waals surface area contributed by atoms with Crippen LogP contribution in [0.2, 0.25) is 0 Å². The Morgan fingerprint density at radius 1 is 1.32 bits per heavy atom. The molecule has 0 radical (unpaired) electrons. The van der Waals surface area contributed by atoms with Gasteiger partial charge in [0, 0.05) is 27.2 Å². The molecule has 19 heavy (non-hydrogen) atoms. The van der Waals surface area contributed by atoms with Gasteiger partial charge in [0.1, 0.15) is 6.61 Å². The Morgan fingerprint density at radius 3 is 2.68 bits per heavy atom. The van der Waals surface area contributed by atoms with Gasteiger partial charge in [0.05, 0.1) is 13.2 Å². The van der Waals surface area contributed by atoms with Crippen molar-refractivity contribution in [2.75, 3.05) is 56.8 Å². The Kier molecular flexibility index (Phi) is 4.51. The molecular weight excluding hydrogens is 246 g/mol. The molecule has 0 aliphatic carbocycles. The number of hydrogen-bond acceptors (Lipinski definition) is 7. The molecule has 1 aromatic heterocycles. The number of rotatable bonds is 5. The third-order valence-corrected chi connectivity index (χ3v) is 2.62. The maximum absolute atomic E-state index is 5.41. The second-order valence-electron chi connectivity index (χ2n) is 4.31. The molecule has 1 aliphatic rings. The van der Waals surface area contributed by atoms with E-state index in [1.54, 1.807) is 6.08 Å². The van der Waals surface area contributed by atoms with E-state index < -0.39 is 0 Å². The molecule has 2 rings (SSSR count). The largest absolute Gasteiger partial charge is 0.459 e. The molecule has 2 heterocycles. The van der Waals surface area contributed by atoms with Crippen LogP contribution < -0.4 is 14.5 Å². The summed E-state index contributed by atoms with van der Waals surface area (Å²) >= 11 is 0. The van der Waals surface area contributed by atoms with Gasteiger partial charge in [-0.15, -0.1) is 0 Å². The van der Waals surface area contributed by atoms with Crippen molar-refractivity contribution in [3.05, 3.63) is 12.7 Å². The molecule has 0 atom stereocenters. The summed E-state index contributed by atoms with van der Waals surface area (Å²) in [5, 5.41) is 0. The van der Waals surface area contributed by atoms with E-state index in [1.165, 1.54) is 0 Å². The van der Waals surface area contributed by atoms with Crippen LogP contribution in [0.3, 0.4) is 0 Å². The zero-order valence-corrected chi connectivity index (χ0v) is 11.4. The molecule has 7 nitrogen and oxygen atoms in total. The third kappa shape index (κ3) is 3.54. The highest BCUT2D eigenvalue weighted by Gasteiger charge is 2.17. The first kappa shape index (κ1) is 13.5. The molecule has 0 aromatic carbocycles. The quantitative estimate of drug-likeness (QED) is 0.711. The standard InChI is InChI=1S/C12H19N5O2/c1-4-7-19-12-14-10(16(2)3)13-11(15-12)17-5-8-18-9-6-17/h4H,1,5-9H2,2-3H3. The Morgan fingerprint density at radius 2 is 2.05 bits per heavy atom. The fourth-order valence-corrected chi connectivity index (χ4v) is 1.64. The van der Waals surface area contributed by atoms with Gasteiger partial charge in [0.2, 0.25) is 11.9 Å². The lowest BCUT2D eigenvalue weighted by atomic mass is 10.4. The van der Waals surface area contributed by atoms with E-state index in [-0.39, 0.29) is 0 Å². The molecule has 0 unspecified atom stereocenters. The molecule has 0 amide bonds. The first-order valence-corrected chi connectivity index (χ1v) is 6.20. The van der Waals surface area contributed by atoms with Crippen molar-refractivity contribution in [1.82, 2.24) is 15.0 Å². The highest BCUT2D eigenvalue weighted by Crippen LogP contribution is 2.17. The summed E-state index contributed by atoms with van der Waals surface area (Å²) in [5.74, 6) is 1.21. The highest BCUT2D eigenvalue weighted by atomic mass is 16.5. The average Bonchev–Trinajstić information content (AvgIpc) is 2.45. The molecule has 0 saturated carbocycles. The summed E-state index contributed by atoms with van der Waals surface area (Å²) in [5.41, 5.74) is 0. The van der Waals surface area contributed by atoms with Crippen molar-refractivity contribution in [2.45, 2.75) is 0 Å². The van der Waals surface area contributed by atoms with Gasteiger partial charge in [-0.2, -0.15) is 15.0 Å². The summed E-state index contributed by atoms with van der Waals surface area (Å²) in [4.78, 5) is 16.9. The van der Waals surface area contributed by atoms with Crippen LogP contribution in [0, 0.1) is 0 Å². The van der Waals surface area contributed by atoms with Crippen molar-refractivity contribution in [2.24, 2.45) is 0 Å². The van der Waals surface area contributed by atoms with E-state index in [1.807, 2.05) is 19.0 Å². The van der Waals surface area contributed by atoms with Crippen molar-refractivity contribution in [3.63, 3.8) is 0 Å². The number of hydrogen-bond donors (Lipinski definition) is 0. The molecule has 0 bridgehead atoms. The van der Waals surface area contributed by atoms with Crippen LogP contribution in [-0.4, -0.2) is 62.0 Å². The number of aromatic nitrogens is 3. The Balaban J connectivity index is 2.24. The van der Waals surface area contributed by atoms with Crippen molar-refractivity contribution >= 4 is 11.9 Å². The summed E-state index contributed by atoms with van der Waals surface area (Å²) in [6, 6.07) is 0.320. The number of ether oxygens (including phenoxy) is 2. The summed E-state index contributed by atoms with van der Waals surface area (Å²) < 4.78 is 10.7. The van der Waals surface area contributed by atoms with Crippen LogP contribution >= 0.6 is 0 Å². The van der Waals surface area contributed by atoms with Crippen LogP contribution in [0.25, 0.3) is 0 Å². The average molecular weight is 265 g/mol. The zero-order valence-electron chi connectivity index (χ0n) is 11.4. The van der Waals surface area contributed by atoms with Crippen LogP contribution in [0.4, 0.5) is 11.9 Å². The van der Waals surface area contributed by atoms with E-state index in [4.69, 9.17) is 9.47 Å². The highest BCUT2D eigenvalue weighted by molar-refractivity contribution is 5.39. The smallest absolute Gasteiger partial charge is 0.323 e. The lowest BCUT2D eigenvalue weighted by Crippen LogP contribution is -2.37. The maximum atomic E-state index is 5.41. The van der Waals surface area contributed by atoms with Gasteiger partial charge in [0.25, 0.3) is 0 Å². The predicted molar refractivity (Wildman–Crippen MR) is 72.9 cm³/mol. The van der Waals surface area contributed by atoms with Crippen molar-refractivity contribution in [1.29, 1.82) is 0 Å². The number of morpholine rings is 1. The number of anilines is 2. The second kappa shape index (κ2) is 6.33. The summed E-state index contributed by atoms with van der Waals surface area (Å²) in [6.45, 7) is 6.91. The fraction of sp³-hybridized carbons (Fsp3) is 0.583. The molecule has 1 aromatic rings. The maximum Gasteiger partial charge on any atom is 0.323 e. The molecule has 1 aliphatic heterocycles. The van der Waals surface area contributed by atoms with Crippen LogP contribution in [0.5, 0.6) is 6.01 Å². The first-order chi connectivity index (χ1) is 9.20. The zero-order chi connectivity index (χ0) is 13.7. The molecule has 1 fully saturated rings. The molecule has 104 valence electrons. The minimum Gasteiger partial charge on any atom is -0.459 e.